The van der Waals surface area contributed by atoms with Crippen molar-refractivity contribution in [2.45, 2.75) is 27.2 Å². The number of rotatable bonds is 5. The molecule has 0 saturated heterocycles. The van der Waals surface area contributed by atoms with E-state index >= 15 is 0 Å². The summed E-state index contributed by atoms with van der Waals surface area (Å²) in [7, 11) is 1.68. The fraction of sp³-hybridized carbons (Fsp3) is 0.467. The summed E-state index contributed by atoms with van der Waals surface area (Å²) in [4.78, 5) is 24.5. The van der Waals surface area contributed by atoms with Crippen LogP contribution in [0, 0.1) is 19.8 Å². The zero-order valence-corrected chi connectivity index (χ0v) is 12.4. The maximum atomic E-state index is 12.0. The first-order valence-corrected chi connectivity index (χ1v) is 6.68. The van der Waals surface area contributed by atoms with E-state index in [1.807, 2.05) is 32.0 Å². The predicted octanol–water partition coefficient (Wildman–Crippen LogP) is 2.56. The third kappa shape index (κ3) is 3.98. The zero-order valence-electron chi connectivity index (χ0n) is 12.4. The van der Waals surface area contributed by atoms with Gasteiger partial charge in [0.15, 0.2) is 0 Å². The van der Waals surface area contributed by atoms with Gasteiger partial charge in [-0.05, 0) is 31.9 Å². The molecule has 110 valence electrons. The van der Waals surface area contributed by atoms with Crippen molar-refractivity contribution >= 4 is 17.7 Å². The molecule has 2 N–H and O–H groups in total. The van der Waals surface area contributed by atoms with E-state index in [-0.39, 0.29) is 12.6 Å². The number of benzene rings is 1. The molecular formula is C15H22N2O3. The van der Waals surface area contributed by atoms with Crippen LogP contribution in [0.2, 0.25) is 0 Å². The van der Waals surface area contributed by atoms with Crippen LogP contribution in [0.3, 0.4) is 0 Å². The average Bonchev–Trinajstić information content (AvgIpc) is 2.38. The average molecular weight is 278 g/mol. The fourth-order valence-electron chi connectivity index (χ4n) is 2.03. The molecule has 2 amide bonds. The second-order valence-electron chi connectivity index (χ2n) is 4.98. The second kappa shape index (κ2) is 6.93. The minimum absolute atomic E-state index is 0.139. The number of carboxylic acid groups (broad SMARTS) is 1. The molecule has 0 heterocycles. The molecule has 0 radical (unpaired) electrons. The van der Waals surface area contributed by atoms with Gasteiger partial charge in [0.1, 0.15) is 0 Å². The molecule has 0 spiro atoms. The summed E-state index contributed by atoms with van der Waals surface area (Å²) >= 11 is 0. The normalized spacial score (nSPS) is 11.8. The Morgan fingerprint density at radius 1 is 1.35 bits per heavy atom. The molecule has 0 aliphatic heterocycles. The Bertz CT molecular complexity index is 500. The van der Waals surface area contributed by atoms with Crippen molar-refractivity contribution in [3.05, 3.63) is 29.3 Å². The molecule has 1 rings (SSSR count). The first-order chi connectivity index (χ1) is 9.36. The molecule has 0 saturated carbocycles. The van der Waals surface area contributed by atoms with Crippen LogP contribution in [-0.2, 0) is 4.79 Å². The number of urea groups is 1. The third-order valence-electron chi connectivity index (χ3n) is 3.36. The SMILES string of the molecule is CCC(CNC(=O)N(C)c1ccc(C)cc1C)C(=O)O. The summed E-state index contributed by atoms with van der Waals surface area (Å²) in [5.41, 5.74) is 2.96. The van der Waals surface area contributed by atoms with Crippen molar-refractivity contribution in [1.29, 1.82) is 0 Å². The van der Waals surface area contributed by atoms with E-state index < -0.39 is 11.9 Å². The van der Waals surface area contributed by atoms with Gasteiger partial charge < -0.3 is 10.4 Å². The quantitative estimate of drug-likeness (QED) is 0.869. The summed E-state index contributed by atoms with van der Waals surface area (Å²) in [6, 6.07) is 5.54. The van der Waals surface area contributed by atoms with Gasteiger partial charge in [0.25, 0.3) is 0 Å². The molecule has 0 aliphatic rings. The van der Waals surface area contributed by atoms with E-state index in [1.165, 1.54) is 4.90 Å². The van der Waals surface area contributed by atoms with Crippen LogP contribution < -0.4 is 10.2 Å². The Labute approximate surface area is 119 Å². The second-order valence-corrected chi connectivity index (χ2v) is 4.98. The number of hydrogen-bond acceptors (Lipinski definition) is 2. The molecular weight excluding hydrogens is 256 g/mol. The van der Waals surface area contributed by atoms with E-state index in [0.717, 1.165) is 16.8 Å². The van der Waals surface area contributed by atoms with Gasteiger partial charge in [0.05, 0.1) is 5.92 Å². The summed E-state index contributed by atoms with van der Waals surface area (Å²) in [6.07, 6.45) is 0.489. The monoisotopic (exact) mass is 278 g/mol. The van der Waals surface area contributed by atoms with E-state index in [9.17, 15) is 9.59 Å². The van der Waals surface area contributed by atoms with Crippen LogP contribution in [0.4, 0.5) is 10.5 Å². The van der Waals surface area contributed by atoms with Crippen LogP contribution in [0.25, 0.3) is 0 Å². The Morgan fingerprint density at radius 3 is 2.50 bits per heavy atom. The van der Waals surface area contributed by atoms with Gasteiger partial charge in [-0.2, -0.15) is 0 Å². The van der Waals surface area contributed by atoms with Crippen molar-refractivity contribution in [1.82, 2.24) is 5.32 Å². The van der Waals surface area contributed by atoms with Crippen molar-refractivity contribution < 1.29 is 14.7 Å². The van der Waals surface area contributed by atoms with Crippen molar-refractivity contribution in [3.8, 4) is 0 Å². The summed E-state index contributed by atoms with van der Waals surface area (Å²) in [5, 5.41) is 11.6. The number of nitrogens with one attached hydrogen (secondary N) is 1. The molecule has 0 aromatic heterocycles. The molecule has 1 aromatic rings. The Hall–Kier alpha value is -2.04. The largest absolute Gasteiger partial charge is 0.481 e. The van der Waals surface area contributed by atoms with Crippen LogP contribution in [-0.4, -0.2) is 30.7 Å². The highest BCUT2D eigenvalue weighted by Gasteiger charge is 2.18. The number of aliphatic carboxylic acids is 1. The highest BCUT2D eigenvalue weighted by molar-refractivity contribution is 5.92. The molecule has 0 fully saturated rings. The number of carbonyl (C=O) groups is 2. The predicted molar refractivity (Wildman–Crippen MR) is 79.1 cm³/mol. The molecule has 5 nitrogen and oxygen atoms in total. The molecule has 1 unspecified atom stereocenters. The lowest BCUT2D eigenvalue weighted by molar-refractivity contribution is -0.141. The fourth-order valence-corrected chi connectivity index (χ4v) is 2.03. The third-order valence-corrected chi connectivity index (χ3v) is 3.36. The number of nitrogens with zero attached hydrogens (tertiary/aromatic N) is 1. The Balaban J connectivity index is 2.69. The number of carbonyl (C=O) groups excluding carboxylic acids is 1. The van der Waals surface area contributed by atoms with Gasteiger partial charge in [-0.25, -0.2) is 4.79 Å². The van der Waals surface area contributed by atoms with Gasteiger partial charge in [-0.3, -0.25) is 9.69 Å². The number of aryl methyl sites for hydroxylation is 2. The van der Waals surface area contributed by atoms with Crippen LogP contribution in [0.5, 0.6) is 0 Å². The molecule has 0 bridgehead atoms. The van der Waals surface area contributed by atoms with Crippen LogP contribution >= 0.6 is 0 Å². The molecule has 5 heteroatoms. The Kier molecular flexibility index (Phi) is 5.55. The van der Waals surface area contributed by atoms with Crippen LogP contribution in [0.1, 0.15) is 24.5 Å². The minimum Gasteiger partial charge on any atom is -0.481 e. The first kappa shape index (κ1) is 16.0. The lowest BCUT2D eigenvalue weighted by Crippen LogP contribution is -2.41. The molecule has 20 heavy (non-hydrogen) atoms. The van der Waals surface area contributed by atoms with Gasteiger partial charge >= 0.3 is 12.0 Å². The van der Waals surface area contributed by atoms with E-state index in [4.69, 9.17) is 5.11 Å². The van der Waals surface area contributed by atoms with Gasteiger partial charge in [-0.1, -0.05) is 24.6 Å². The van der Waals surface area contributed by atoms with Crippen LogP contribution in [0.15, 0.2) is 18.2 Å². The zero-order chi connectivity index (χ0) is 15.3. The highest BCUT2D eigenvalue weighted by atomic mass is 16.4. The Morgan fingerprint density at radius 2 is 2.00 bits per heavy atom. The van der Waals surface area contributed by atoms with Crippen molar-refractivity contribution in [2.75, 3.05) is 18.5 Å². The lowest BCUT2D eigenvalue weighted by Gasteiger charge is -2.21. The maximum absolute atomic E-state index is 12.0. The number of hydrogen-bond donors (Lipinski definition) is 2. The van der Waals surface area contributed by atoms with Gasteiger partial charge in [0.2, 0.25) is 0 Å². The highest BCUT2D eigenvalue weighted by Crippen LogP contribution is 2.19. The molecule has 1 aromatic carbocycles. The number of carboxylic acids is 1. The number of amides is 2. The van der Waals surface area contributed by atoms with Crippen molar-refractivity contribution in [2.24, 2.45) is 5.92 Å². The minimum atomic E-state index is -0.887. The standard InChI is InChI=1S/C15H22N2O3/c1-5-12(14(18)19)9-16-15(20)17(4)13-7-6-10(2)8-11(13)3/h6-8,12H,5,9H2,1-4H3,(H,16,20)(H,18,19). The van der Waals surface area contributed by atoms with E-state index in [0.29, 0.717) is 6.42 Å². The van der Waals surface area contributed by atoms with Gasteiger partial charge in [-0.15, -0.1) is 0 Å². The smallest absolute Gasteiger partial charge is 0.321 e. The maximum Gasteiger partial charge on any atom is 0.321 e. The van der Waals surface area contributed by atoms with E-state index in [1.54, 1.807) is 14.0 Å². The molecule has 0 aliphatic carbocycles. The summed E-state index contributed by atoms with van der Waals surface area (Å²) < 4.78 is 0. The van der Waals surface area contributed by atoms with Gasteiger partial charge in [0, 0.05) is 19.3 Å². The topological polar surface area (TPSA) is 69.6 Å². The summed E-state index contributed by atoms with van der Waals surface area (Å²) in [6.45, 7) is 5.87. The van der Waals surface area contributed by atoms with Crippen molar-refractivity contribution in [3.63, 3.8) is 0 Å². The summed E-state index contributed by atoms with van der Waals surface area (Å²) in [5.74, 6) is -1.44. The number of anilines is 1. The molecule has 1 atom stereocenters. The lowest BCUT2D eigenvalue weighted by atomic mass is 10.1. The first-order valence-electron chi connectivity index (χ1n) is 6.68. The van der Waals surface area contributed by atoms with E-state index in [2.05, 4.69) is 5.32 Å².